The highest BCUT2D eigenvalue weighted by Crippen LogP contribution is 2.33. The Morgan fingerprint density at radius 1 is 1.42 bits per heavy atom. The molecule has 2 rings (SSSR count). The minimum absolute atomic E-state index is 0.258. The summed E-state index contributed by atoms with van der Waals surface area (Å²) in [6, 6.07) is 4.48. The molecule has 0 bridgehead atoms. The fourth-order valence-corrected chi connectivity index (χ4v) is 3.06. The van der Waals surface area contributed by atoms with Gasteiger partial charge in [0, 0.05) is 4.47 Å². The molecule has 0 saturated carbocycles. The molecule has 0 radical (unpaired) electrons. The minimum Gasteiger partial charge on any atom is -0.494 e. The van der Waals surface area contributed by atoms with Crippen LogP contribution < -0.4 is 10.1 Å². The molecule has 0 fully saturated rings. The number of nitrogens with one attached hydrogen (secondary N) is 1. The molecule has 1 unspecified atom stereocenters. The standard InChI is InChI=1S/C15H22BrNO2/c1-3-6-17-15-10-18-7-5-12-13(15)8-11(19-4-2)9-14(12)16/h8-9,15,17H,3-7,10H2,1-2H3. The first-order valence-corrected chi connectivity index (χ1v) is 7.81. The topological polar surface area (TPSA) is 30.5 Å². The molecule has 1 aliphatic rings. The molecule has 3 nitrogen and oxygen atoms in total. The zero-order valence-electron chi connectivity index (χ0n) is 11.7. The molecule has 1 N–H and O–H groups in total. The Balaban J connectivity index is 2.32. The number of rotatable bonds is 5. The van der Waals surface area contributed by atoms with Gasteiger partial charge in [-0.2, -0.15) is 0 Å². The van der Waals surface area contributed by atoms with Crippen LogP contribution in [0.5, 0.6) is 5.75 Å². The first-order chi connectivity index (χ1) is 9.26. The normalized spacial score (nSPS) is 18.8. The van der Waals surface area contributed by atoms with E-state index in [9.17, 15) is 0 Å². The minimum atomic E-state index is 0.258. The molecule has 1 aromatic carbocycles. The summed E-state index contributed by atoms with van der Waals surface area (Å²) in [6.07, 6.45) is 2.07. The van der Waals surface area contributed by atoms with Gasteiger partial charge < -0.3 is 14.8 Å². The maximum atomic E-state index is 5.72. The number of hydrogen-bond acceptors (Lipinski definition) is 3. The van der Waals surface area contributed by atoms with Gasteiger partial charge in [-0.25, -0.2) is 0 Å². The van der Waals surface area contributed by atoms with E-state index in [4.69, 9.17) is 9.47 Å². The van der Waals surface area contributed by atoms with E-state index in [2.05, 4.69) is 40.3 Å². The van der Waals surface area contributed by atoms with Crippen LogP contribution in [0.1, 0.15) is 37.4 Å². The van der Waals surface area contributed by atoms with Crippen molar-refractivity contribution in [3.63, 3.8) is 0 Å². The molecule has 0 aromatic heterocycles. The molecule has 1 atom stereocenters. The van der Waals surface area contributed by atoms with E-state index in [0.29, 0.717) is 6.61 Å². The molecular weight excluding hydrogens is 306 g/mol. The Kier molecular flexibility index (Phi) is 5.67. The van der Waals surface area contributed by atoms with Crippen molar-refractivity contribution < 1.29 is 9.47 Å². The monoisotopic (exact) mass is 327 g/mol. The van der Waals surface area contributed by atoms with Crippen LogP contribution in [0.15, 0.2) is 16.6 Å². The lowest BCUT2D eigenvalue weighted by Gasteiger charge is -2.20. The highest BCUT2D eigenvalue weighted by Gasteiger charge is 2.21. The van der Waals surface area contributed by atoms with Crippen molar-refractivity contribution in [1.29, 1.82) is 0 Å². The van der Waals surface area contributed by atoms with Gasteiger partial charge in [0.25, 0.3) is 0 Å². The second-order valence-electron chi connectivity index (χ2n) is 4.74. The van der Waals surface area contributed by atoms with Gasteiger partial charge >= 0.3 is 0 Å². The number of fused-ring (bicyclic) bond motifs is 1. The number of halogens is 1. The zero-order valence-corrected chi connectivity index (χ0v) is 13.3. The van der Waals surface area contributed by atoms with Gasteiger partial charge in [-0.15, -0.1) is 0 Å². The number of benzene rings is 1. The van der Waals surface area contributed by atoms with Gasteiger partial charge in [-0.1, -0.05) is 22.9 Å². The molecule has 19 heavy (non-hydrogen) atoms. The largest absolute Gasteiger partial charge is 0.494 e. The summed E-state index contributed by atoms with van der Waals surface area (Å²) in [5, 5.41) is 3.56. The Labute approximate surface area is 123 Å². The van der Waals surface area contributed by atoms with E-state index in [1.54, 1.807) is 0 Å². The average Bonchev–Trinajstić information content (AvgIpc) is 2.59. The van der Waals surface area contributed by atoms with Gasteiger partial charge in [-0.3, -0.25) is 0 Å². The lowest BCUT2D eigenvalue weighted by molar-refractivity contribution is 0.121. The van der Waals surface area contributed by atoms with Crippen molar-refractivity contribution in [2.24, 2.45) is 0 Å². The molecule has 4 heteroatoms. The zero-order chi connectivity index (χ0) is 13.7. The van der Waals surface area contributed by atoms with Crippen LogP contribution in [0.3, 0.4) is 0 Å². The fraction of sp³-hybridized carbons (Fsp3) is 0.600. The van der Waals surface area contributed by atoms with Crippen molar-refractivity contribution in [1.82, 2.24) is 5.32 Å². The average molecular weight is 328 g/mol. The lowest BCUT2D eigenvalue weighted by atomic mass is 9.99. The summed E-state index contributed by atoms with van der Waals surface area (Å²) in [4.78, 5) is 0. The molecule has 0 spiro atoms. The smallest absolute Gasteiger partial charge is 0.120 e. The van der Waals surface area contributed by atoms with E-state index < -0.39 is 0 Å². The van der Waals surface area contributed by atoms with Gasteiger partial charge in [0.1, 0.15) is 5.75 Å². The van der Waals surface area contributed by atoms with E-state index in [0.717, 1.165) is 42.8 Å². The maximum absolute atomic E-state index is 5.72. The Morgan fingerprint density at radius 3 is 3.00 bits per heavy atom. The molecule has 1 aromatic rings. The van der Waals surface area contributed by atoms with E-state index >= 15 is 0 Å². The van der Waals surface area contributed by atoms with Gasteiger partial charge in [0.2, 0.25) is 0 Å². The Bertz CT molecular complexity index is 423. The Morgan fingerprint density at radius 2 is 2.26 bits per heavy atom. The van der Waals surface area contributed by atoms with Crippen molar-refractivity contribution >= 4 is 15.9 Å². The van der Waals surface area contributed by atoms with Crippen molar-refractivity contribution in [3.05, 3.63) is 27.7 Å². The summed E-state index contributed by atoms with van der Waals surface area (Å²) in [7, 11) is 0. The summed E-state index contributed by atoms with van der Waals surface area (Å²) < 4.78 is 12.5. The summed E-state index contributed by atoms with van der Waals surface area (Å²) in [5.74, 6) is 0.929. The van der Waals surface area contributed by atoms with Gasteiger partial charge in [-0.05, 0) is 49.6 Å². The number of ether oxygens (including phenoxy) is 2. The third kappa shape index (κ3) is 3.71. The second-order valence-corrected chi connectivity index (χ2v) is 5.59. The van der Waals surface area contributed by atoms with Crippen LogP contribution in [-0.4, -0.2) is 26.4 Å². The summed E-state index contributed by atoms with van der Waals surface area (Å²) >= 11 is 3.67. The molecular formula is C15H22BrNO2. The fourth-order valence-electron chi connectivity index (χ4n) is 2.41. The molecule has 1 heterocycles. The molecule has 0 aliphatic carbocycles. The van der Waals surface area contributed by atoms with Crippen LogP contribution in [0.4, 0.5) is 0 Å². The van der Waals surface area contributed by atoms with Crippen LogP contribution in [0, 0.1) is 0 Å². The van der Waals surface area contributed by atoms with Crippen LogP contribution in [0.2, 0.25) is 0 Å². The van der Waals surface area contributed by atoms with Gasteiger partial charge in [0.15, 0.2) is 0 Å². The number of hydrogen-bond donors (Lipinski definition) is 1. The predicted octanol–water partition coefficient (Wildman–Crippen LogP) is 3.46. The molecule has 0 saturated heterocycles. The summed E-state index contributed by atoms with van der Waals surface area (Å²) in [6.45, 7) is 7.39. The molecule has 106 valence electrons. The van der Waals surface area contributed by atoms with Crippen LogP contribution >= 0.6 is 15.9 Å². The highest BCUT2D eigenvalue weighted by atomic mass is 79.9. The van der Waals surface area contributed by atoms with E-state index in [1.807, 2.05) is 6.92 Å². The highest BCUT2D eigenvalue weighted by molar-refractivity contribution is 9.10. The van der Waals surface area contributed by atoms with Crippen LogP contribution in [-0.2, 0) is 11.2 Å². The van der Waals surface area contributed by atoms with E-state index in [-0.39, 0.29) is 6.04 Å². The van der Waals surface area contributed by atoms with Crippen molar-refractivity contribution in [3.8, 4) is 5.75 Å². The quantitative estimate of drug-likeness (QED) is 0.898. The lowest BCUT2D eigenvalue weighted by Crippen LogP contribution is -2.26. The Hall–Kier alpha value is -0.580. The molecule has 1 aliphatic heterocycles. The van der Waals surface area contributed by atoms with Crippen molar-refractivity contribution in [2.75, 3.05) is 26.4 Å². The van der Waals surface area contributed by atoms with Gasteiger partial charge in [0.05, 0.1) is 25.9 Å². The van der Waals surface area contributed by atoms with Crippen LogP contribution in [0.25, 0.3) is 0 Å². The maximum Gasteiger partial charge on any atom is 0.120 e. The first kappa shape index (κ1) is 14.8. The molecule has 0 amide bonds. The van der Waals surface area contributed by atoms with E-state index in [1.165, 1.54) is 11.1 Å². The van der Waals surface area contributed by atoms with Crippen molar-refractivity contribution in [2.45, 2.75) is 32.7 Å². The third-order valence-electron chi connectivity index (χ3n) is 3.31. The SMILES string of the molecule is CCCNC1COCCc2c(Br)cc(OCC)cc21. The second kappa shape index (κ2) is 7.27. The summed E-state index contributed by atoms with van der Waals surface area (Å²) in [5.41, 5.74) is 2.65. The predicted molar refractivity (Wildman–Crippen MR) is 80.9 cm³/mol. The third-order valence-corrected chi connectivity index (χ3v) is 4.02. The first-order valence-electron chi connectivity index (χ1n) is 7.02.